The average molecular weight is 534 g/mol. The quantitative estimate of drug-likeness (QED) is 0.271. The number of hydrogen-bond acceptors (Lipinski definition) is 7. The van der Waals surface area contributed by atoms with Crippen molar-refractivity contribution in [2.75, 3.05) is 23.4 Å². The molecule has 5 rings (SSSR count). The number of benzene rings is 2. The van der Waals surface area contributed by atoms with Crippen LogP contribution in [0.2, 0.25) is 0 Å². The topological polar surface area (TPSA) is 121 Å². The van der Waals surface area contributed by atoms with Gasteiger partial charge in [0.2, 0.25) is 5.16 Å². The molecule has 2 aromatic heterocycles. The van der Waals surface area contributed by atoms with E-state index < -0.39 is 16.9 Å². The van der Waals surface area contributed by atoms with E-state index in [2.05, 4.69) is 19.9 Å². The lowest BCUT2D eigenvalue weighted by atomic mass is 9.92. The van der Waals surface area contributed by atoms with E-state index in [-0.39, 0.29) is 12.7 Å². The molecule has 0 aliphatic heterocycles. The Balaban J connectivity index is 1.39. The first-order valence-electron chi connectivity index (χ1n) is 12.7. The van der Waals surface area contributed by atoms with Crippen LogP contribution < -0.4 is 15.8 Å². The van der Waals surface area contributed by atoms with Gasteiger partial charge in [0.15, 0.2) is 0 Å². The van der Waals surface area contributed by atoms with Gasteiger partial charge >= 0.3 is 6.09 Å². The van der Waals surface area contributed by atoms with Crippen molar-refractivity contribution >= 4 is 39.2 Å². The third-order valence-electron chi connectivity index (χ3n) is 6.49. The van der Waals surface area contributed by atoms with Crippen LogP contribution >= 0.6 is 0 Å². The highest BCUT2D eigenvalue weighted by atomic mass is 32.2. The van der Waals surface area contributed by atoms with Crippen molar-refractivity contribution in [3.05, 3.63) is 60.9 Å². The molecular formula is C28H31N5O4S. The molecule has 0 spiro atoms. The van der Waals surface area contributed by atoms with Gasteiger partial charge in [-0.2, -0.15) is 0 Å². The number of carbonyl (C=O) groups excluding carboxylic acids is 1. The molecule has 0 radical (unpaired) electrons. The van der Waals surface area contributed by atoms with Crippen molar-refractivity contribution in [2.45, 2.75) is 50.4 Å². The van der Waals surface area contributed by atoms with E-state index in [1.165, 1.54) is 6.42 Å². The zero-order valence-electron chi connectivity index (χ0n) is 21.4. The number of hydrogen-bond donors (Lipinski definition) is 2. The SMILES string of the molecule is CC(C)OC(=O)Nc1ccc(-c2c(N)c3ccc(OCCS(=O)c4ncccn4)cc3n2C2CCC2)cc1. The molecule has 1 aliphatic rings. The highest BCUT2D eigenvalue weighted by molar-refractivity contribution is 7.84. The van der Waals surface area contributed by atoms with Crippen LogP contribution in [0.1, 0.15) is 39.2 Å². The average Bonchev–Trinajstić information content (AvgIpc) is 3.15. The van der Waals surface area contributed by atoms with E-state index in [9.17, 15) is 9.00 Å². The summed E-state index contributed by atoms with van der Waals surface area (Å²) in [6.45, 7) is 3.89. The van der Waals surface area contributed by atoms with Crippen molar-refractivity contribution < 1.29 is 18.5 Å². The predicted octanol–water partition coefficient (Wildman–Crippen LogP) is 5.55. The molecule has 4 aromatic rings. The lowest BCUT2D eigenvalue weighted by molar-refractivity contribution is 0.130. The third kappa shape index (κ3) is 5.50. The normalized spacial score (nSPS) is 14.3. The van der Waals surface area contributed by atoms with Gasteiger partial charge < -0.3 is 19.8 Å². The Kier molecular flexibility index (Phi) is 7.59. The molecule has 1 unspecified atom stereocenters. The lowest BCUT2D eigenvalue weighted by Gasteiger charge is -2.30. The van der Waals surface area contributed by atoms with Crippen molar-refractivity contribution in [3.8, 4) is 17.0 Å². The standard InChI is InChI=1S/C28H31N5O4S/c1-18(2)37-28(34)32-20-9-7-19(8-10-20)26-25(29)23-12-11-22(17-24(23)33(26)21-5-3-6-21)36-15-16-38(35)27-30-13-4-14-31-27/h4,7-14,17-18,21H,3,5-6,15-16,29H2,1-2H3,(H,32,34). The van der Waals surface area contributed by atoms with Crippen LogP contribution in [0, 0.1) is 0 Å². The number of nitrogens with two attached hydrogens (primary N) is 1. The summed E-state index contributed by atoms with van der Waals surface area (Å²) < 4.78 is 25.9. The van der Waals surface area contributed by atoms with Crippen LogP contribution in [0.5, 0.6) is 5.75 Å². The lowest BCUT2D eigenvalue weighted by Crippen LogP contribution is -2.18. The molecule has 1 amide bonds. The molecule has 9 nitrogen and oxygen atoms in total. The van der Waals surface area contributed by atoms with Gasteiger partial charge in [-0.25, -0.2) is 14.8 Å². The molecule has 2 heterocycles. The Morgan fingerprint density at radius 1 is 1.16 bits per heavy atom. The second-order valence-electron chi connectivity index (χ2n) is 9.48. The first-order valence-corrected chi connectivity index (χ1v) is 14.0. The van der Waals surface area contributed by atoms with Gasteiger partial charge in [-0.05, 0) is 63.4 Å². The summed E-state index contributed by atoms with van der Waals surface area (Å²) >= 11 is 0. The number of nitrogens with one attached hydrogen (secondary N) is 1. The fourth-order valence-corrected chi connectivity index (χ4v) is 5.30. The molecule has 1 saturated carbocycles. The van der Waals surface area contributed by atoms with E-state index >= 15 is 0 Å². The fraction of sp³-hybridized carbons (Fsp3) is 0.321. The van der Waals surface area contributed by atoms with Gasteiger partial charge in [0.1, 0.15) is 12.4 Å². The van der Waals surface area contributed by atoms with Crippen LogP contribution in [0.25, 0.3) is 22.2 Å². The molecular weight excluding hydrogens is 502 g/mol. The number of amides is 1. The van der Waals surface area contributed by atoms with Crippen molar-refractivity contribution in [1.82, 2.24) is 14.5 Å². The first kappa shape index (κ1) is 25.7. The minimum atomic E-state index is -1.33. The Hall–Kier alpha value is -3.92. The number of rotatable bonds is 9. The van der Waals surface area contributed by atoms with E-state index in [0.29, 0.717) is 34.1 Å². The maximum absolute atomic E-state index is 12.4. The molecule has 1 aliphatic carbocycles. The van der Waals surface area contributed by atoms with Crippen LogP contribution in [0.15, 0.2) is 66.1 Å². The highest BCUT2D eigenvalue weighted by Gasteiger charge is 2.27. The zero-order valence-corrected chi connectivity index (χ0v) is 22.2. The molecule has 1 atom stereocenters. The summed E-state index contributed by atoms with van der Waals surface area (Å²) in [6, 6.07) is 15.5. The molecule has 0 saturated heterocycles. The fourth-order valence-electron chi connectivity index (χ4n) is 4.53. The zero-order chi connectivity index (χ0) is 26.6. The number of nitrogens with zero attached hydrogens (tertiary/aromatic N) is 3. The van der Waals surface area contributed by atoms with Crippen molar-refractivity contribution in [1.29, 1.82) is 0 Å². The molecule has 2 aromatic carbocycles. The van der Waals surface area contributed by atoms with Crippen LogP contribution in [-0.4, -0.2) is 43.3 Å². The van der Waals surface area contributed by atoms with E-state index in [1.54, 1.807) is 18.5 Å². The van der Waals surface area contributed by atoms with Gasteiger partial charge in [0, 0.05) is 41.1 Å². The Morgan fingerprint density at radius 2 is 1.89 bits per heavy atom. The monoisotopic (exact) mass is 533 g/mol. The summed E-state index contributed by atoms with van der Waals surface area (Å²) in [7, 11) is -1.33. The van der Waals surface area contributed by atoms with E-state index in [1.807, 2.05) is 56.3 Å². The number of fused-ring (bicyclic) bond motifs is 1. The molecule has 198 valence electrons. The Bertz CT molecular complexity index is 1450. The minimum Gasteiger partial charge on any atom is -0.493 e. The summed E-state index contributed by atoms with van der Waals surface area (Å²) in [5.74, 6) is 0.987. The third-order valence-corrected chi connectivity index (χ3v) is 7.64. The summed E-state index contributed by atoms with van der Waals surface area (Å²) in [5.41, 5.74) is 11.0. The second-order valence-corrected chi connectivity index (χ2v) is 10.9. The van der Waals surface area contributed by atoms with Gasteiger partial charge in [0.25, 0.3) is 0 Å². The molecule has 0 bridgehead atoms. The van der Waals surface area contributed by atoms with E-state index in [4.69, 9.17) is 15.2 Å². The number of ether oxygens (including phenoxy) is 2. The van der Waals surface area contributed by atoms with Crippen LogP contribution in [0.4, 0.5) is 16.2 Å². The van der Waals surface area contributed by atoms with Crippen LogP contribution in [-0.2, 0) is 15.5 Å². The van der Waals surface area contributed by atoms with Gasteiger partial charge in [-0.15, -0.1) is 0 Å². The molecule has 3 N–H and O–H groups in total. The van der Waals surface area contributed by atoms with Crippen molar-refractivity contribution in [3.63, 3.8) is 0 Å². The van der Waals surface area contributed by atoms with E-state index in [0.717, 1.165) is 35.0 Å². The Labute approximate surface area is 223 Å². The molecule has 1 fully saturated rings. The maximum Gasteiger partial charge on any atom is 0.411 e. The smallest absolute Gasteiger partial charge is 0.411 e. The number of aromatic nitrogens is 3. The largest absolute Gasteiger partial charge is 0.493 e. The predicted molar refractivity (Wildman–Crippen MR) is 149 cm³/mol. The van der Waals surface area contributed by atoms with Gasteiger partial charge in [-0.3, -0.25) is 9.53 Å². The number of nitrogen functional groups attached to an aromatic ring is 1. The summed E-state index contributed by atoms with van der Waals surface area (Å²) in [5, 5.41) is 4.02. The van der Waals surface area contributed by atoms with Crippen molar-refractivity contribution in [2.24, 2.45) is 0 Å². The summed E-state index contributed by atoms with van der Waals surface area (Å²) in [4.78, 5) is 20.1. The number of anilines is 2. The number of carbonyl (C=O) groups is 1. The molecule has 38 heavy (non-hydrogen) atoms. The summed E-state index contributed by atoms with van der Waals surface area (Å²) in [6.07, 6.45) is 5.82. The second kappa shape index (κ2) is 11.2. The van der Waals surface area contributed by atoms with Gasteiger partial charge in [0.05, 0.1) is 39.6 Å². The molecule has 10 heteroatoms. The minimum absolute atomic E-state index is 0.193. The van der Waals surface area contributed by atoms with Gasteiger partial charge in [-0.1, -0.05) is 12.1 Å². The maximum atomic E-state index is 12.4. The Morgan fingerprint density at radius 3 is 2.55 bits per heavy atom. The highest BCUT2D eigenvalue weighted by Crippen LogP contribution is 2.44. The first-order chi connectivity index (χ1) is 18.4. The van der Waals surface area contributed by atoms with Crippen LogP contribution in [0.3, 0.4) is 0 Å².